The lowest BCUT2D eigenvalue weighted by Gasteiger charge is -2.24. The van der Waals surface area contributed by atoms with Gasteiger partial charge in [-0.05, 0) is 12.8 Å². The van der Waals surface area contributed by atoms with E-state index in [1.54, 1.807) is 6.92 Å². The Morgan fingerprint density at radius 2 is 2.21 bits per heavy atom. The van der Waals surface area contributed by atoms with Crippen LogP contribution < -0.4 is 0 Å². The minimum absolute atomic E-state index is 0.0511. The molecule has 0 aliphatic heterocycles. The van der Waals surface area contributed by atoms with Crippen LogP contribution in [0.2, 0.25) is 0 Å². The van der Waals surface area contributed by atoms with Gasteiger partial charge in [0, 0.05) is 24.7 Å². The zero-order valence-electron chi connectivity index (χ0n) is 11.5. The van der Waals surface area contributed by atoms with E-state index in [0.29, 0.717) is 5.69 Å². The molecule has 0 aliphatic carbocycles. The van der Waals surface area contributed by atoms with E-state index in [-0.39, 0.29) is 25.4 Å². The summed E-state index contributed by atoms with van der Waals surface area (Å²) >= 11 is 0. The number of aromatic amines is 1. The van der Waals surface area contributed by atoms with Crippen molar-refractivity contribution in [2.45, 2.75) is 39.2 Å². The van der Waals surface area contributed by atoms with E-state index in [1.807, 2.05) is 13.8 Å². The maximum atomic E-state index is 12.1. The van der Waals surface area contributed by atoms with Crippen molar-refractivity contribution in [3.8, 4) is 0 Å². The Balaban J connectivity index is 2.95. The minimum Gasteiger partial charge on any atom is -0.464 e. The monoisotopic (exact) mass is 268 g/mol. The lowest BCUT2D eigenvalue weighted by Crippen LogP contribution is -2.50. The Hall–Kier alpha value is -1.69. The highest BCUT2D eigenvalue weighted by Gasteiger charge is 2.45. The zero-order valence-corrected chi connectivity index (χ0v) is 11.5. The number of hydrogen-bond acceptors (Lipinski definition) is 5. The molecule has 0 aromatic carbocycles. The first-order chi connectivity index (χ1) is 8.90. The first-order valence-electron chi connectivity index (χ1n) is 6.30. The quantitative estimate of drug-likeness (QED) is 0.565. The highest BCUT2D eigenvalue weighted by Crippen LogP contribution is 2.19. The van der Waals surface area contributed by atoms with Crippen molar-refractivity contribution in [1.82, 2.24) is 9.97 Å². The van der Waals surface area contributed by atoms with Gasteiger partial charge in [-0.25, -0.2) is 9.78 Å². The second-order valence-electron chi connectivity index (χ2n) is 4.86. The highest BCUT2D eigenvalue weighted by atomic mass is 16.5. The van der Waals surface area contributed by atoms with Crippen LogP contribution in [0, 0.1) is 5.92 Å². The number of ether oxygens (including phenoxy) is 1. The van der Waals surface area contributed by atoms with Gasteiger partial charge < -0.3 is 14.8 Å². The molecular formula is C13H20N2O4. The number of nitrogens with one attached hydrogen (secondary N) is 1. The Bertz CT molecular complexity index is 428. The molecule has 0 spiro atoms. The largest absolute Gasteiger partial charge is 0.464 e. The smallest absolute Gasteiger partial charge is 0.346 e. The Labute approximate surface area is 112 Å². The highest BCUT2D eigenvalue weighted by molar-refractivity contribution is 6.07. The van der Waals surface area contributed by atoms with E-state index < -0.39 is 17.4 Å². The predicted molar refractivity (Wildman–Crippen MR) is 68.3 cm³/mol. The van der Waals surface area contributed by atoms with E-state index >= 15 is 0 Å². The van der Waals surface area contributed by atoms with Crippen LogP contribution in [0.25, 0.3) is 0 Å². The Morgan fingerprint density at radius 3 is 2.68 bits per heavy atom. The number of aromatic nitrogens is 2. The summed E-state index contributed by atoms with van der Waals surface area (Å²) in [6.45, 7) is 5.43. The van der Waals surface area contributed by atoms with Crippen LogP contribution in [0.4, 0.5) is 0 Å². The topological polar surface area (TPSA) is 92.3 Å². The number of aliphatic hydroxyl groups is 1. The van der Waals surface area contributed by atoms with Gasteiger partial charge in [0.25, 0.3) is 0 Å². The van der Waals surface area contributed by atoms with Crippen molar-refractivity contribution in [2.75, 3.05) is 6.61 Å². The minimum atomic E-state index is -2.15. The van der Waals surface area contributed by atoms with Gasteiger partial charge in [0.15, 0.2) is 5.78 Å². The molecule has 0 saturated heterocycles. The van der Waals surface area contributed by atoms with Crippen LogP contribution in [-0.4, -0.2) is 39.0 Å². The summed E-state index contributed by atoms with van der Waals surface area (Å²) in [4.78, 5) is 30.6. The van der Waals surface area contributed by atoms with E-state index in [0.717, 1.165) is 0 Å². The maximum Gasteiger partial charge on any atom is 0.346 e. The van der Waals surface area contributed by atoms with Gasteiger partial charge in [-0.1, -0.05) is 13.8 Å². The van der Waals surface area contributed by atoms with Crippen molar-refractivity contribution in [2.24, 2.45) is 5.92 Å². The number of Topliss-reactive ketones (excluding diaryl/α,β-unsaturated/α-hetero) is 1. The average molecular weight is 268 g/mol. The molecule has 1 aromatic heterocycles. The molecule has 0 saturated carbocycles. The SMILES string of the molecule is CCOC(=O)C(O)(Cc1cnc[nH]1)C(=O)CC(C)C. The molecule has 1 atom stereocenters. The van der Waals surface area contributed by atoms with Crippen molar-refractivity contribution < 1.29 is 19.4 Å². The van der Waals surface area contributed by atoms with Crippen LogP contribution in [0.15, 0.2) is 12.5 Å². The maximum absolute atomic E-state index is 12.1. The number of nitrogens with zero attached hydrogens (tertiary/aromatic N) is 1. The van der Waals surface area contributed by atoms with Crippen LogP contribution in [0.1, 0.15) is 32.9 Å². The molecule has 2 N–H and O–H groups in total. The fraction of sp³-hybridized carbons (Fsp3) is 0.615. The first-order valence-corrected chi connectivity index (χ1v) is 6.30. The normalized spacial score (nSPS) is 14.2. The summed E-state index contributed by atoms with van der Waals surface area (Å²) in [5.74, 6) is -1.39. The van der Waals surface area contributed by atoms with Crippen LogP contribution in [-0.2, 0) is 20.7 Å². The van der Waals surface area contributed by atoms with E-state index in [1.165, 1.54) is 12.5 Å². The summed E-state index contributed by atoms with van der Waals surface area (Å²) in [5, 5.41) is 10.4. The lowest BCUT2D eigenvalue weighted by molar-refractivity contribution is -0.170. The Morgan fingerprint density at radius 1 is 1.53 bits per heavy atom. The molecule has 0 amide bonds. The average Bonchev–Trinajstić information content (AvgIpc) is 2.80. The molecule has 0 radical (unpaired) electrons. The Kier molecular flexibility index (Phi) is 5.23. The third kappa shape index (κ3) is 3.89. The van der Waals surface area contributed by atoms with Crippen LogP contribution in [0.3, 0.4) is 0 Å². The molecule has 6 nitrogen and oxygen atoms in total. The molecular weight excluding hydrogens is 248 g/mol. The predicted octanol–water partition coefficient (Wildman–Crippen LogP) is 0.862. The van der Waals surface area contributed by atoms with Gasteiger partial charge in [0.2, 0.25) is 5.60 Å². The van der Waals surface area contributed by atoms with Gasteiger partial charge in [0.1, 0.15) is 0 Å². The van der Waals surface area contributed by atoms with Crippen LogP contribution in [0.5, 0.6) is 0 Å². The van der Waals surface area contributed by atoms with E-state index in [2.05, 4.69) is 9.97 Å². The number of carbonyl (C=O) groups is 2. The van der Waals surface area contributed by atoms with Crippen molar-refractivity contribution >= 4 is 11.8 Å². The number of rotatable bonds is 7. The second kappa shape index (κ2) is 6.47. The number of hydrogen-bond donors (Lipinski definition) is 2. The van der Waals surface area contributed by atoms with E-state index in [9.17, 15) is 14.7 Å². The molecule has 1 aromatic rings. The number of ketones is 1. The molecule has 0 fully saturated rings. The van der Waals surface area contributed by atoms with Crippen molar-refractivity contribution in [3.05, 3.63) is 18.2 Å². The molecule has 0 aliphatic rings. The third-order valence-electron chi connectivity index (χ3n) is 2.67. The number of imidazole rings is 1. The van der Waals surface area contributed by atoms with Crippen LogP contribution >= 0.6 is 0 Å². The summed E-state index contributed by atoms with van der Waals surface area (Å²) in [6.07, 6.45) is 2.85. The third-order valence-corrected chi connectivity index (χ3v) is 2.67. The fourth-order valence-corrected chi connectivity index (χ4v) is 1.73. The van der Waals surface area contributed by atoms with Crippen molar-refractivity contribution in [1.29, 1.82) is 0 Å². The number of carbonyl (C=O) groups excluding carboxylic acids is 2. The summed E-state index contributed by atoms with van der Waals surface area (Å²) < 4.78 is 4.81. The zero-order chi connectivity index (χ0) is 14.5. The second-order valence-corrected chi connectivity index (χ2v) is 4.86. The first kappa shape index (κ1) is 15.4. The van der Waals surface area contributed by atoms with Crippen molar-refractivity contribution in [3.63, 3.8) is 0 Å². The molecule has 19 heavy (non-hydrogen) atoms. The van der Waals surface area contributed by atoms with Gasteiger partial charge in [0.05, 0.1) is 12.9 Å². The molecule has 1 rings (SSSR count). The van der Waals surface area contributed by atoms with Gasteiger partial charge in [-0.15, -0.1) is 0 Å². The van der Waals surface area contributed by atoms with E-state index in [4.69, 9.17) is 4.74 Å². The van der Waals surface area contributed by atoms with Gasteiger partial charge in [-0.2, -0.15) is 0 Å². The molecule has 6 heteroatoms. The molecule has 1 unspecified atom stereocenters. The molecule has 106 valence electrons. The summed E-state index contributed by atoms with van der Waals surface area (Å²) in [7, 11) is 0. The number of esters is 1. The molecule has 1 heterocycles. The fourth-order valence-electron chi connectivity index (χ4n) is 1.73. The van der Waals surface area contributed by atoms with Gasteiger partial charge in [-0.3, -0.25) is 4.79 Å². The van der Waals surface area contributed by atoms with Gasteiger partial charge >= 0.3 is 5.97 Å². The molecule has 0 bridgehead atoms. The summed E-state index contributed by atoms with van der Waals surface area (Å²) in [6, 6.07) is 0. The number of H-pyrrole nitrogens is 1. The lowest BCUT2D eigenvalue weighted by atomic mass is 9.88. The summed E-state index contributed by atoms with van der Waals surface area (Å²) in [5.41, 5.74) is -1.64. The standard InChI is InChI=1S/C13H20N2O4/c1-4-19-12(17)13(18,11(16)5-9(2)3)6-10-7-14-8-15-10/h7-9,18H,4-6H2,1-3H3,(H,14,15).